The van der Waals surface area contributed by atoms with Crippen molar-refractivity contribution in [2.24, 2.45) is 12.0 Å². The fourth-order valence-electron chi connectivity index (χ4n) is 2.53. The molecule has 4 heterocycles. The molecular formula is C16H16ClN5OS3. The number of hydrogen-bond donors (Lipinski definition) is 0. The van der Waals surface area contributed by atoms with Crippen molar-refractivity contribution < 1.29 is 21.8 Å². The van der Waals surface area contributed by atoms with Crippen LogP contribution in [0, 0.1) is 0 Å². The SMILES string of the molecule is CCN1C(=O)/C(=c2\nc3c(s2)=CC=CN3C)SC1=Nc1scc[n+]1C.[Cl-]. The zero-order valence-electron chi connectivity index (χ0n) is 14.3. The van der Waals surface area contributed by atoms with Crippen LogP contribution in [0.15, 0.2) is 28.8 Å². The molecular weight excluding hydrogens is 410 g/mol. The predicted molar refractivity (Wildman–Crippen MR) is 104 cm³/mol. The molecule has 1 saturated heterocycles. The summed E-state index contributed by atoms with van der Waals surface area (Å²) in [6.45, 7) is 2.55. The van der Waals surface area contributed by atoms with Crippen molar-refractivity contribution in [3.05, 3.63) is 33.0 Å². The Morgan fingerprint density at radius 1 is 1.38 bits per heavy atom. The summed E-state index contributed by atoms with van der Waals surface area (Å²) in [5.74, 6) is 0.869. The standard InChI is InChI=1S/C16H16N5OS3.ClH/c1-4-21-14(22)11(25-16(21)18-15-20(3)8-9-23-15)13-17-12-10(24-13)6-5-7-19(12)2;/h5-9H,4H2,1-3H3;1H/q+1;/p-1/b13-11-;. The Kier molecular flexibility index (Phi) is 5.52. The third kappa shape index (κ3) is 3.20. The first-order valence-electron chi connectivity index (χ1n) is 7.72. The van der Waals surface area contributed by atoms with Crippen LogP contribution < -0.4 is 31.1 Å². The van der Waals surface area contributed by atoms with Gasteiger partial charge in [-0.3, -0.25) is 9.69 Å². The molecule has 0 aliphatic carbocycles. The van der Waals surface area contributed by atoms with Gasteiger partial charge < -0.3 is 17.3 Å². The van der Waals surface area contributed by atoms with E-state index in [-0.39, 0.29) is 18.3 Å². The number of halogens is 1. The number of nitrogens with zero attached hydrogens (tertiary/aromatic N) is 5. The molecule has 0 bridgehead atoms. The van der Waals surface area contributed by atoms with Gasteiger partial charge in [-0.15, -0.1) is 11.3 Å². The number of anilines is 1. The summed E-state index contributed by atoms with van der Waals surface area (Å²) in [5.41, 5.74) is 0. The Balaban J connectivity index is 0.00000196. The van der Waals surface area contributed by atoms with Gasteiger partial charge in [0.25, 0.3) is 11.1 Å². The number of fused-ring (bicyclic) bond motifs is 1. The van der Waals surface area contributed by atoms with Gasteiger partial charge in [-0.25, -0.2) is 9.55 Å². The van der Waals surface area contributed by atoms with E-state index >= 15 is 0 Å². The summed E-state index contributed by atoms with van der Waals surface area (Å²) in [4.78, 5) is 26.6. The Hall–Kier alpha value is -1.68. The van der Waals surface area contributed by atoms with Crippen LogP contribution in [-0.4, -0.2) is 34.6 Å². The second kappa shape index (κ2) is 7.51. The molecule has 1 amide bonds. The number of amidine groups is 1. The number of aryl methyl sites for hydroxylation is 1. The number of rotatable bonds is 2. The van der Waals surface area contributed by atoms with Gasteiger partial charge in [0, 0.05) is 25.2 Å². The molecule has 2 aromatic heterocycles. The zero-order chi connectivity index (χ0) is 17.6. The Labute approximate surface area is 169 Å². The lowest BCUT2D eigenvalue weighted by Crippen LogP contribution is -3.00. The van der Waals surface area contributed by atoms with Gasteiger partial charge in [0.1, 0.15) is 15.8 Å². The maximum atomic E-state index is 12.9. The fourth-order valence-corrected chi connectivity index (χ4v) is 5.48. The van der Waals surface area contributed by atoms with Crippen molar-refractivity contribution in [3.63, 3.8) is 0 Å². The van der Waals surface area contributed by atoms with Crippen LogP contribution in [0.2, 0.25) is 0 Å². The molecule has 0 atom stereocenters. The highest BCUT2D eigenvalue weighted by atomic mass is 35.5. The topological polar surface area (TPSA) is 52.7 Å². The van der Waals surface area contributed by atoms with E-state index in [9.17, 15) is 4.79 Å². The molecule has 0 unspecified atom stereocenters. The molecule has 2 aliphatic rings. The second-order valence-electron chi connectivity index (χ2n) is 5.50. The lowest BCUT2D eigenvalue weighted by atomic mass is 10.4. The third-order valence-electron chi connectivity index (χ3n) is 3.85. The zero-order valence-corrected chi connectivity index (χ0v) is 17.5. The maximum Gasteiger partial charge on any atom is 0.384 e. The van der Waals surface area contributed by atoms with E-state index in [4.69, 9.17) is 0 Å². The number of hydrogen-bond acceptors (Lipinski definition) is 7. The number of carbonyl (C=O) groups excluding carboxylic acids is 1. The van der Waals surface area contributed by atoms with Crippen molar-refractivity contribution in [2.75, 3.05) is 18.5 Å². The average Bonchev–Trinajstić information content (AvgIpc) is 3.27. The van der Waals surface area contributed by atoms with Gasteiger partial charge in [0.2, 0.25) is 0 Å². The molecule has 4 rings (SSSR count). The van der Waals surface area contributed by atoms with Gasteiger partial charge in [-0.05, 0) is 35.8 Å². The number of aromatic nitrogens is 2. The number of carbonyl (C=O) groups is 1. The second-order valence-corrected chi connectivity index (χ2v) is 8.38. The minimum absolute atomic E-state index is 0. The summed E-state index contributed by atoms with van der Waals surface area (Å²) in [5, 5.41) is 3.56. The van der Waals surface area contributed by atoms with Gasteiger partial charge in [-0.1, -0.05) is 11.3 Å². The van der Waals surface area contributed by atoms with Crippen LogP contribution in [0.5, 0.6) is 0 Å². The molecule has 0 aromatic carbocycles. The van der Waals surface area contributed by atoms with Crippen molar-refractivity contribution in [2.45, 2.75) is 6.92 Å². The summed E-state index contributed by atoms with van der Waals surface area (Å²) in [7, 11) is 3.91. The summed E-state index contributed by atoms with van der Waals surface area (Å²) < 4.78 is 3.77. The Morgan fingerprint density at radius 2 is 2.19 bits per heavy atom. The van der Waals surface area contributed by atoms with Gasteiger partial charge in [0.05, 0.1) is 11.6 Å². The highest BCUT2D eigenvalue weighted by Crippen LogP contribution is 2.33. The van der Waals surface area contributed by atoms with Crippen LogP contribution in [-0.2, 0) is 11.8 Å². The third-order valence-corrected chi connectivity index (χ3v) is 6.92. The van der Waals surface area contributed by atoms with Crippen molar-refractivity contribution >= 4 is 67.4 Å². The Bertz CT molecular complexity index is 1040. The van der Waals surface area contributed by atoms with Crippen LogP contribution in [0.4, 0.5) is 10.9 Å². The van der Waals surface area contributed by atoms with Crippen LogP contribution in [0.25, 0.3) is 11.0 Å². The average molecular weight is 426 g/mol. The molecule has 0 saturated carbocycles. The normalized spacial score (nSPS) is 19.7. The summed E-state index contributed by atoms with van der Waals surface area (Å²) in [6.07, 6.45) is 7.93. The predicted octanol–water partition coefficient (Wildman–Crippen LogP) is -1.83. The molecule has 2 aromatic rings. The molecule has 6 nitrogen and oxygen atoms in total. The fraction of sp³-hybridized carbons (Fsp3) is 0.250. The quantitative estimate of drug-likeness (QED) is 0.531. The molecule has 136 valence electrons. The van der Waals surface area contributed by atoms with Crippen LogP contribution in [0.3, 0.4) is 0 Å². The van der Waals surface area contributed by atoms with E-state index < -0.39 is 0 Å². The molecule has 0 spiro atoms. The number of allylic oxidation sites excluding steroid dienone is 1. The van der Waals surface area contributed by atoms with E-state index in [2.05, 4.69) is 9.98 Å². The van der Waals surface area contributed by atoms with Crippen molar-refractivity contribution in [3.8, 4) is 0 Å². The first-order valence-corrected chi connectivity index (χ1v) is 10.2. The van der Waals surface area contributed by atoms with E-state index in [1.165, 1.54) is 11.8 Å². The van der Waals surface area contributed by atoms with E-state index in [1.54, 1.807) is 27.6 Å². The maximum absolute atomic E-state index is 12.9. The number of aliphatic imine (C=N–C) groups is 1. The van der Waals surface area contributed by atoms with Crippen molar-refractivity contribution in [1.82, 2.24) is 9.88 Å². The molecule has 26 heavy (non-hydrogen) atoms. The first-order chi connectivity index (χ1) is 12.1. The highest BCUT2D eigenvalue weighted by molar-refractivity contribution is 8.23. The van der Waals surface area contributed by atoms with Gasteiger partial charge in [-0.2, -0.15) is 0 Å². The first kappa shape index (κ1) is 19.1. The molecule has 0 N–H and O–H groups in total. The number of amides is 1. The summed E-state index contributed by atoms with van der Waals surface area (Å²) >= 11 is 4.50. The molecule has 2 aliphatic heterocycles. The van der Waals surface area contributed by atoms with Crippen LogP contribution >= 0.6 is 34.4 Å². The van der Waals surface area contributed by atoms with E-state index in [0.29, 0.717) is 16.6 Å². The van der Waals surface area contributed by atoms with E-state index in [1.807, 2.05) is 60.4 Å². The minimum atomic E-state index is -0.0211. The van der Waals surface area contributed by atoms with Gasteiger partial charge in [0.15, 0.2) is 5.82 Å². The minimum Gasteiger partial charge on any atom is -1.00 e. The largest absolute Gasteiger partial charge is 1.00 e. The lowest BCUT2D eigenvalue weighted by molar-refractivity contribution is -0.653. The summed E-state index contributed by atoms with van der Waals surface area (Å²) in [6, 6.07) is 0. The van der Waals surface area contributed by atoms with Gasteiger partial charge >= 0.3 is 5.13 Å². The van der Waals surface area contributed by atoms with Crippen LogP contribution in [0.1, 0.15) is 6.92 Å². The highest BCUT2D eigenvalue weighted by Gasteiger charge is 2.38. The molecule has 10 heteroatoms. The smallest absolute Gasteiger partial charge is 0.384 e. The monoisotopic (exact) mass is 425 g/mol. The number of thiazole rings is 2. The lowest BCUT2D eigenvalue weighted by Gasteiger charge is -2.11. The molecule has 0 radical (unpaired) electrons. The molecule has 1 fully saturated rings. The Morgan fingerprint density at radius 3 is 2.85 bits per heavy atom. The van der Waals surface area contributed by atoms with E-state index in [0.717, 1.165) is 20.1 Å². The van der Waals surface area contributed by atoms with Crippen molar-refractivity contribution in [1.29, 1.82) is 0 Å². The number of thioether (sulfide) groups is 1.